The summed E-state index contributed by atoms with van der Waals surface area (Å²) in [6.07, 6.45) is -15.7. The molecule has 136 valence electrons. The zero-order chi connectivity index (χ0) is 17.3. The van der Waals surface area contributed by atoms with Crippen LogP contribution in [0.2, 0.25) is 0 Å². The van der Waals surface area contributed by atoms with Gasteiger partial charge in [-0.1, -0.05) is 0 Å². The van der Waals surface area contributed by atoms with E-state index in [0.29, 0.717) is 0 Å². The molecule has 2 heterocycles. The first-order chi connectivity index (χ1) is 10.8. The zero-order valence-corrected chi connectivity index (χ0v) is 12.0. The van der Waals surface area contributed by atoms with Gasteiger partial charge in [-0.15, -0.1) is 0 Å². The molecule has 11 nitrogen and oxygen atoms in total. The van der Waals surface area contributed by atoms with Crippen LogP contribution < -0.4 is 0 Å². The lowest BCUT2D eigenvalue weighted by molar-refractivity contribution is -0.355. The largest absolute Gasteiger partial charge is 0.394 e. The molecule has 0 amide bonds. The van der Waals surface area contributed by atoms with E-state index in [4.69, 9.17) is 24.4 Å². The molecule has 0 aromatic rings. The first kappa shape index (κ1) is 18.9. The lowest BCUT2D eigenvalue weighted by Gasteiger charge is -2.45. The molecule has 8 N–H and O–H groups in total. The third-order valence-electron chi connectivity index (χ3n) is 3.98. The average Bonchev–Trinajstić information content (AvgIpc) is 2.54. The number of hydrogen-bond donors (Lipinski definition) is 8. The lowest BCUT2D eigenvalue weighted by atomic mass is 9.97. The Bertz CT molecular complexity index is 380. The van der Waals surface area contributed by atoms with Gasteiger partial charge in [-0.05, 0) is 0 Å². The van der Waals surface area contributed by atoms with E-state index < -0.39 is 74.6 Å². The van der Waals surface area contributed by atoms with Gasteiger partial charge in [-0.3, -0.25) is 0 Å². The quantitative estimate of drug-likeness (QED) is 0.243. The molecule has 2 fully saturated rings. The summed E-state index contributed by atoms with van der Waals surface area (Å²) in [5, 5.41) is 76.8. The highest BCUT2D eigenvalue weighted by molar-refractivity contribution is 4.93. The molecular weight excluding hydrogens is 320 g/mol. The van der Waals surface area contributed by atoms with Gasteiger partial charge in [0, 0.05) is 0 Å². The van der Waals surface area contributed by atoms with E-state index in [1.807, 2.05) is 0 Å². The van der Waals surface area contributed by atoms with Crippen molar-refractivity contribution in [3.8, 4) is 0 Å². The molecule has 0 aliphatic carbocycles. The molecule has 10 atom stereocenters. The van der Waals surface area contributed by atoms with Gasteiger partial charge in [-0.25, -0.2) is 0 Å². The van der Waals surface area contributed by atoms with E-state index in [1.165, 1.54) is 0 Å². The second-order valence-corrected chi connectivity index (χ2v) is 5.53. The van der Waals surface area contributed by atoms with E-state index in [1.54, 1.807) is 0 Å². The summed E-state index contributed by atoms with van der Waals surface area (Å²) in [4.78, 5) is 0. The van der Waals surface area contributed by atoms with Crippen molar-refractivity contribution in [1.82, 2.24) is 0 Å². The number of aliphatic hydroxyl groups is 8. The van der Waals surface area contributed by atoms with E-state index in [2.05, 4.69) is 0 Å². The van der Waals surface area contributed by atoms with Crippen molar-refractivity contribution < 1.29 is 55.1 Å². The molecule has 0 spiro atoms. The molecule has 0 bridgehead atoms. The summed E-state index contributed by atoms with van der Waals surface area (Å²) in [5.74, 6) is 0. The van der Waals surface area contributed by atoms with Gasteiger partial charge in [0.15, 0.2) is 12.6 Å². The lowest BCUT2D eigenvalue weighted by Crippen LogP contribution is -2.64. The molecule has 2 rings (SSSR count). The Kier molecular flexibility index (Phi) is 6.27. The third-order valence-corrected chi connectivity index (χ3v) is 3.98. The number of aliphatic hydroxyl groups excluding tert-OH is 8. The molecule has 0 aromatic heterocycles. The molecular formula is C12H22O11. The van der Waals surface area contributed by atoms with Crippen LogP contribution in [0.5, 0.6) is 0 Å². The van der Waals surface area contributed by atoms with Gasteiger partial charge >= 0.3 is 0 Å². The molecule has 2 saturated heterocycles. The summed E-state index contributed by atoms with van der Waals surface area (Å²) in [7, 11) is 0. The number of hydrogen-bond acceptors (Lipinski definition) is 11. The fraction of sp³-hybridized carbons (Fsp3) is 1.00. The van der Waals surface area contributed by atoms with Crippen LogP contribution in [0.3, 0.4) is 0 Å². The Hall–Kier alpha value is -0.440. The van der Waals surface area contributed by atoms with E-state index in [0.717, 1.165) is 0 Å². The summed E-state index contributed by atoms with van der Waals surface area (Å²) in [6.45, 7) is -1.34. The molecule has 11 heteroatoms. The van der Waals surface area contributed by atoms with Crippen LogP contribution in [0.25, 0.3) is 0 Å². The van der Waals surface area contributed by atoms with Gasteiger partial charge in [0.25, 0.3) is 0 Å². The minimum atomic E-state index is -1.76. The second kappa shape index (κ2) is 7.63. The summed E-state index contributed by atoms with van der Waals surface area (Å²) in [5.41, 5.74) is 0. The highest BCUT2D eigenvalue weighted by atomic mass is 16.7. The van der Waals surface area contributed by atoms with Crippen molar-refractivity contribution in [2.24, 2.45) is 0 Å². The van der Waals surface area contributed by atoms with E-state index >= 15 is 0 Å². The fourth-order valence-electron chi connectivity index (χ4n) is 2.56. The van der Waals surface area contributed by atoms with Crippen LogP contribution in [-0.2, 0) is 14.2 Å². The van der Waals surface area contributed by atoms with Gasteiger partial charge in [-0.2, -0.15) is 0 Å². The van der Waals surface area contributed by atoms with Crippen LogP contribution in [-0.4, -0.2) is 115 Å². The first-order valence-electron chi connectivity index (χ1n) is 7.08. The summed E-state index contributed by atoms with van der Waals surface area (Å²) < 4.78 is 15.1. The second-order valence-electron chi connectivity index (χ2n) is 5.53. The Morgan fingerprint density at radius 1 is 0.652 bits per heavy atom. The van der Waals surface area contributed by atoms with Gasteiger partial charge in [0.05, 0.1) is 13.2 Å². The molecule has 0 radical (unpaired) electrons. The zero-order valence-electron chi connectivity index (χ0n) is 12.0. The summed E-state index contributed by atoms with van der Waals surface area (Å²) >= 11 is 0. The van der Waals surface area contributed by atoms with Crippen LogP contribution in [0.1, 0.15) is 0 Å². The summed E-state index contributed by atoms with van der Waals surface area (Å²) in [6, 6.07) is 0. The van der Waals surface area contributed by atoms with Crippen molar-refractivity contribution >= 4 is 0 Å². The van der Waals surface area contributed by atoms with Crippen molar-refractivity contribution in [1.29, 1.82) is 0 Å². The fourth-order valence-corrected chi connectivity index (χ4v) is 2.56. The first-order valence-corrected chi connectivity index (χ1v) is 7.08. The SMILES string of the molecule is OC[C@H]1O[C@@H](O[C@H]2[C@@H](O)[C@H](O)O[C@H](CO)[C@@H]2O)[C@H](O)[C@H](O)[C@H]1O. The maximum atomic E-state index is 10.00. The highest BCUT2D eigenvalue weighted by Gasteiger charge is 2.50. The Morgan fingerprint density at radius 2 is 1.22 bits per heavy atom. The number of rotatable bonds is 4. The van der Waals surface area contributed by atoms with Crippen LogP contribution >= 0.6 is 0 Å². The van der Waals surface area contributed by atoms with Crippen LogP contribution in [0.4, 0.5) is 0 Å². The maximum absolute atomic E-state index is 10.00. The molecule has 2 aliphatic rings. The standard InChI is InChI=1S/C12H22O11/c13-1-3-5(15)7(17)8(18)12(22-3)23-10-6(16)4(2-14)21-11(20)9(10)19/h3-20H,1-2H2/t3-,4-,5+,6+,7-,8-,9-,10-,11-,12+/m1/s1. The maximum Gasteiger partial charge on any atom is 0.187 e. The minimum absolute atomic E-state index is 0.667. The molecule has 23 heavy (non-hydrogen) atoms. The van der Waals surface area contributed by atoms with Crippen molar-refractivity contribution in [2.45, 2.75) is 61.4 Å². The monoisotopic (exact) mass is 342 g/mol. The van der Waals surface area contributed by atoms with Crippen molar-refractivity contribution in [3.63, 3.8) is 0 Å². The Morgan fingerprint density at radius 3 is 1.78 bits per heavy atom. The predicted octanol–water partition coefficient (Wildman–Crippen LogP) is -5.40. The average molecular weight is 342 g/mol. The van der Waals surface area contributed by atoms with E-state index in [-0.39, 0.29) is 0 Å². The van der Waals surface area contributed by atoms with Crippen LogP contribution in [0, 0.1) is 0 Å². The number of ether oxygens (including phenoxy) is 3. The smallest absolute Gasteiger partial charge is 0.187 e. The van der Waals surface area contributed by atoms with Gasteiger partial charge in [0.1, 0.15) is 48.8 Å². The van der Waals surface area contributed by atoms with Gasteiger partial charge in [0.2, 0.25) is 0 Å². The van der Waals surface area contributed by atoms with E-state index in [9.17, 15) is 30.6 Å². The third kappa shape index (κ3) is 3.65. The van der Waals surface area contributed by atoms with Gasteiger partial charge < -0.3 is 55.1 Å². The molecule has 0 aromatic carbocycles. The normalized spacial score (nSPS) is 51.7. The molecule has 2 aliphatic heterocycles. The van der Waals surface area contributed by atoms with Crippen molar-refractivity contribution in [3.05, 3.63) is 0 Å². The Balaban J connectivity index is 2.11. The minimum Gasteiger partial charge on any atom is -0.394 e. The molecule has 0 saturated carbocycles. The predicted molar refractivity (Wildman–Crippen MR) is 68.6 cm³/mol. The Labute approximate surface area is 130 Å². The van der Waals surface area contributed by atoms with Crippen molar-refractivity contribution in [2.75, 3.05) is 13.2 Å². The topological polar surface area (TPSA) is 190 Å². The van der Waals surface area contributed by atoms with Crippen LogP contribution in [0.15, 0.2) is 0 Å². The highest BCUT2D eigenvalue weighted by Crippen LogP contribution is 2.28. The molecule has 0 unspecified atom stereocenters.